The summed E-state index contributed by atoms with van der Waals surface area (Å²) in [5, 5.41) is 1.42. The van der Waals surface area contributed by atoms with E-state index in [-0.39, 0.29) is 0 Å². The molecule has 0 atom stereocenters. The SMILES string of the molecule is NS(=O)(=O)C(=O)F. The molecule has 2 N–H and O–H groups in total. The zero-order valence-corrected chi connectivity index (χ0v) is 3.90. The molecule has 0 saturated carbocycles. The summed E-state index contributed by atoms with van der Waals surface area (Å²) in [5.41, 5.74) is 0. The van der Waals surface area contributed by atoms with Crippen molar-refractivity contribution in [2.75, 3.05) is 0 Å². The molecule has 0 spiro atoms. The molecule has 0 aromatic rings. The zero-order chi connectivity index (χ0) is 6.08. The topological polar surface area (TPSA) is 77.2 Å². The van der Waals surface area contributed by atoms with Crippen LogP contribution < -0.4 is 5.14 Å². The molecule has 0 rings (SSSR count). The van der Waals surface area contributed by atoms with Crippen LogP contribution in [0, 0.1) is 0 Å². The predicted molar refractivity (Wildman–Crippen MR) is 19.6 cm³/mol. The van der Waals surface area contributed by atoms with Gasteiger partial charge in [-0.15, -0.1) is 4.39 Å². The average molecular weight is 127 g/mol. The molecular formula is CH2FNO3S. The van der Waals surface area contributed by atoms with Gasteiger partial charge in [0.05, 0.1) is 0 Å². The molecule has 0 fully saturated rings. The van der Waals surface area contributed by atoms with E-state index in [1.54, 1.807) is 0 Å². The molecule has 0 aliphatic carbocycles. The molecule has 0 amide bonds. The molecule has 0 aliphatic heterocycles. The van der Waals surface area contributed by atoms with Gasteiger partial charge in [0.15, 0.2) is 0 Å². The molecule has 0 saturated heterocycles. The first kappa shape index (κ1) is 6.51. The number of primary sulfonamides is 1. The maximum Gasteiger partial charge on any atom is 0.430 e. The summed E-state index contributed by atoms with van der Waals surface area (Å²) in [5.74, 6) is 0. The van der Waals surface area contributed by atoms with Crippen molar-refractivity contribution in [1.82, 2.24) is 0 Å². The molecule has 4 nitrogen and oxygen atoms in total. The highest BCUT2D eigenvalue weighted by atomic mass is 32.2. The second-order valence-corrected chi connectivity index (χ2v) is 2.19. The minimum absolute atomic E-state index is 2.51. The monoisotopic (exact) mass is 127 g/mol. The largest absolute Gasteiger partial charge is 0.430 e. The van der Waals surface area contributed by atoms with E-state index in [4.69, 9.17) is 4.79 Å². The maximum absolute atomic E-state index is 10.9. The number of carbonyl (C=O) groups excluding carboxylic acids is 1. The maximum atomic E-state index is 10.9. The normalized spacial score (nSPS) is 11.1. The Morgan fingerprint density at radius 3 is 1.71 bits per heavy atom. The van der Waals surface area contributed by atoms with Gasteiger partial charge in [-0.3, -0.25) is 0 Å². The lowest BCUT2D eigenvalue weighted by Crippen LogP contribution is -2.17. The average Bonchev–Trinajstić information content (AvgIpc) is 1.31. The van der Waals surface area contributed by atoms with Gasteiger partial charge in [0.2, 0.25) is 0 Å². The van der Waals surface area contributed by atoms with Gasteiger partial charge in [-0.1, -0.05) is 0 Å². The van der Waals surface area contributed by atoms with Crippen LogP contribution in [0.1, 0.15) is 0 Å². The molecule has 6 heteroatoms. The van der Waals surface area contributed by atoms with Gasteiger partial charge in [0.1, 0.15) is 0 Å². The van der Waals surface area contributed by atoms with Crippen LogP contribution in [0.4, 0.5) is 9.18 Å². The Kier molecular flexibility index (Phi) is 1.44. The smallest absolute Gasteiger partial charge is 0.241 e. The third kappa shape index (κ3) is 2.24. The molecule has 7 heavy (non-hydrogen) atoms. The van der Waals surface area contributed by atoms with Gasteiger partial charge < -0.3 is 0 Å². The quantitative estimate of drug-likeness (QED) is 0.440. The number of carbonyl (C=O) groups is 1. The molecule has 0 heterocycles. The van der Waals surface area contributed by atoms with Gasteiger partial charge in [-0.25, -0.2) is 18.4 Å². The van der Waals surface area contributed by atoms with E-state index in [0.29, 0.717) is 0 Å². The van der Waals surface area contributed by atoms with Gasteiger partial charge >= 0.3 is 15.4 Å². The van der Waals surface area contributed by atoms with E-state index in [0.717, 1.165) is 0 Å². The first-order valence-electron chi connectivity index (χ1n) is 1.17. The Hall–Kier alpha value is -0.490. The Balaban J connectivity index is 4.43. The minimum Gasteiger partial charge on any atom is -0.241 e. The number of halogens is 1. The van der Waals surface area contributed by atoms with E-state index >= 15 is 0 Å². The summed E-state index contributed by atoms with van der Waals surface area (Å²) in [6.07, 6.45) is 0. The highest BCUT2D eigenvalue weighted by molar-refractivity contribution is 8.03. The fraction of sp³-hybridized carbons (Fsp3) is 0. The van der Waals surface area contributed by atoms with Crippen molar-refractivity contribution in [3.05, 3.63) is 0 Å². The van der Waals surface area contributed by atoms with Crippen molar-refractivity contribution in [3.8, 4) is 0 Å². The lowest BCUT2D eigenvalue weighted by molar-refractivity contribution is 0.242. The second kappa shape index (κ2) is 1.55. The van der Waals surface area contributed by atoms with E-state index in [1.165, 1.54) is 0 Å². The standard InChI is InChI=1S/CH2FNO3S/c2-1(4)7(3,5)6/h(H2,3,5,6). The lowest BCUT2D eigenvalue weighted by Gasteiger charge is -1.77. The van der Waals surface area contributed by atoms with Crippen molar-refractivity contribution in [2.24, 2.45) is 5.14 Å². The minimum atomic E-state index is -4.55. The van der Waals surface area contributed by atoms with Gasteiger partial charge in [-0.2, -0.15) is 0 Å². The fourth-order valence-electron chi connectivity index (χ4n) is 0. The summed E-state index contributed by atoms with van der Waals surface area (Å²) in [6.45, 7) is 0. The summed E-state index contributed by atoms with van der Waals surface area (Å²) in [7, 11) is -4.55. The van der Waals surface area contributed by atoms with Crippen molar-refractivity contribution in [2.45, 2.75) is 0 Å². The zero-order valence-electron chi connectivity index (χ0n) is 3.09. The number of sulfonamides is 1. The van der Waals surface area contributed by atoms with Gasteiger partial charge in [-0.05, 0) is 0 Å². The molecule has 0 unspecified atom stereocenters. The summed E-state index contributed by atoms with van der Waals surface area (Å²) in [6, 6.07) is 0. The van der Waals surface area contributed by atoms with Gasteiger partial charge in [0, 0.05) is 0 Å². The van der Waals surface area contributed by atoms with Crippen LogP contribution in [0.15, 0.2) is 0 Å². The predicted octanol–water partition coefficient (Wildman–Crippen LogP) is -0.636. The summed E-state index contributed by atoms with van der Waals surface area (Å²) in [4.78, 5) is 9.09. The Morgan fingerprint density at radius 1 is 1.57 bits per heavy atom. The van der Waals surface area contributed by atoms with Crippen LogP contribution >= 0.6 is 0 Å². The molecule has 42 valence electrons. The number of hydrogen-bond donors (Lipinski definition) is 1. The Morgan fingerprint density at radius 2 is 1.71 bits per heavy atom. The molecule has 0 radical (unpaired) electrons. The van der Waals surface area contributed by atoms with E-state index in [1.807, 2.05) is 0 Å². The number of nitrogens with two attached hydrogens (primary N) is 1. The lowest BCUT2D eigenvalue weighted by atomic mass is 11.7. The number of rotatable bonds is 0. The van der Waals surface area contributed by atoms with E-state index < -0.39 is 15.4 Å². The molecule has 0 bridgehead atoms. The first-order chi connectivity index (χ1) is 2.94. The van der Waals surface area contributed by atoms with Crippen LogP contribution in [0.25, 0.3) is 0 Å². The molecule has 0 aromatic carbocycles. The van der Waals surface area contributed by atoms with E-state index in [2.05, 4.69) is 5.14 Å². The van der Waals surface area contributed by atoms with Crippen LogP contribution in [0.5, 0.6) is 0 Å². The highest BCUT2D eigenvalue weighted by Gasteiger charge is 2.13. The third-order valence-electron chi connectivity index (χ3n) is 0.224. The van der Waals surface area contributed by atoms with Crippen LogP contribution in [0.3, 0.4) is 0 Å². The fourth-order valence-corrected chi connectivity index (χ4v) is 0. The van der Waals surface area contributed by atoms with Crippen molar-refractivity contribution in [3.63, 3.8) is 0 Å². The molecule has 0 aromatic heterocycles. The van der Waals surface area contributed by atoms with Crippen molar-refractivity contribution in [1.29, 1.82) is 0 Å². The van der Waals surface area contributed by atoms with Crippen molar-refractivity contribution < 1.29 is 17.6 Å². The van der Waals surface area contributed by atoms with Crippen molar-refractivity contribution >= 4 is 15.4 Å². The first-order valence-corrected chi connectivity index (χ1v) is 2.71. The second-order valence-electron chi connectivity index (χ2n) is 0.783. The van der Waals surface area contributed by atoms with Crippen LogP contribution in [-0.4, -0.2) is 13.8 Å². The highest BCUT2D eigenvalue weighted by Crippen LogP contribution is 1.82. The summed E-state index contributed by atoms with van der Waals surface area (Å²) < 4.78 is 29.6. The Bertz CT molecular complexity index is 169. The Labute approximate surface area is 39.2 Å². The third-order valence-corrected chi connectivity index (χ3v) is 0.671. The van der Waals surface area contributed by atoms with Gasteiger partial charge in [0.25, 0.3) is 0 Å². The number of hydrogen-bond acceptors (Lipinski definition) is 3. The van der Waals surface area contributed by atoms with Crippen LogP contribution in [0.2, 0.25) is 0 Å². The molecule has 0 aliphatic rings. The molecular weight excluding hydrogens is 125 g/mol. The van der Waals surface area contributed by atoms with E-state index in [9.17, 15) is 12.8 Å². The summed E-state index contributed by atoms with van der Waals surface area (Å²) >= 11 is 0. The van der Waals surface area contributed by atoms with Crippen LogP contribution in [-0.2, 0) is 10.0 Å².